The molecule has 3 nitrogen and oxygen atoms in total. The number of alkyl halides is 1. The molecule has 1 aliphatic rings. The molecule has 0 aromatic heterocycles. The second-order valence-corrected chi connectivity index (χ2v) is 9.88. The zero-order valence-corrected chi connectivity index (χ0v) is 20.9. The maximum absolute atomic E-state index is 13.3. The summed E-state index contributed by atoms with van der Waals surface area (Å²) >= 11 is 7.07. The van der Waals surface area contributed by atoms with E-state index in [1.807, 2.05) is 12.1 Å². The smallest absolute Gasteiger partial charge is 0.228 e. The standard InChI is InChI=1S/C25H32Br2N2O/c1-28(18-16-20-9-4-2-5-10-20)23-13-6-3-7-14-24(23)29(25(30)15-17-26)22-12-8-11-21(27)19-22/h2,4-5,8-12,19,23-24H,3,6-7,13-18H2,1H3. The van der Waals surface area contributed by atoms with E-state index >= 15 is 0 Å². The lowest BCUT2D eigenvalue weighted by Crippen LogP contribution is -2.53. The number of anilines is 1. The van der Waals surface area contributed by atoms with E-state index in [0.29, 0.717) is 17.8 Å². The molecule has 2 atom stereocenters. The van der Waals surface area contributed by atoms with Crippen LogP contribution >= 0.6 is 31.9 Å². The van der Waals surface area contributed by atoms with Crippen LogP contribution in [0.2, 0.25) is 0 Å². The molecule has 0 saturated heterocycles. The molecule has 0 radical (unpaired) electrons. The zero-order valence-electron chi connectivity index (χ0n) is 17.8. The molecule has 2 aromatic carbocycles. The van der Waals surface area contributed by atoms with Crippen LogP contribution in [0.15, 0.2) is 59.1 Å². The highest BCUT2D eigenvalue weighted by Crippen LogP contribution is 2.31. The Morgan fingerprint density at radius 3 is 2.43 bits per heavy atom. The van der Waals surface area contributed by atoms with Gasteiger partial charge in [-0.25, -0.2) is 0 Å². The van der Waals surface area contributed by atoms with E-state index in [1.54, 1.807) is 0 Å². The van der Waals surface area contributed by atoms with Crippen molar-refractivity contribution in [3.63, 3.8) is 0 Å². The lowest BCUT2D eigenvalue weighted by molar-refractivity contribution is -0.119. The van der Waals surface area contributed by atoms with Crippen molar-refractivity contribution in [2.24, 2.45) is 0 Å². The van der Waals surface area contributed by atoms with Crippen LogP contribution in [0.1, 0.15) is 44.1 Å². The third-order valence-electron chi connectivity index (χ3n) is 6.10. The SMILES string of the molecule is CN(CCc1ccccc1)C1CCCCCC1N(C(=O)CCBr)c1cccc(Br)c1. The van der Waals surface area contributed by atoms with Crippen LogP contribution in [0.5, 0.6) is 0 Å². The first kappa shape index (κ1) is 23.5. The number of carbonyl (C=O) groups is 1. The Bertz CT molecular complexity index is 799. The number of benzene rings is 2. The number of nitrogens with zero attached hydrogens (tertiary/aromatic N) is 2. The fourth-order valence-electron chi connectivity index (χ4n) is 4.55. The molecule has 1 amide bonds. The van der Waals surface area contributed by atoms with Gasteiger partial charge in [0.05, 0.1) is 6.04 Å². The largest absolute Gasteiger partial charge is 0.308 e. The molecule has 3 rings (SSSR count). The van der Waals surface area contributed by atoms with Crippen molar-refractivity contribution in [3.05, 3.63) is 64.6 Å². The monoisotopic (exact) mass is 534 g/mol. The summed E-state index contributed by atoms with van der Waals surface area (Å²) in [5.74, 6) is 0.207. The molecular formula is C25H32Br2N2O. The van der Waals surface area contributed by atoms with Crippen LogP contribution in [0.25, 0.3) is 0 Å². The average molecular weight is 536 g/mol. The number of amides is 1. The van der Waals surface area contributed by atoms with E-state index in [0.717, 1.165) is 36.0 Å². The Labute approximate surface area is 198 Å². The number of carbonyl (C=O) groups excluding carboxylic acids is 1. The molecule has 0 bridgehead atoms. The topological polar surface area (TPSA) is 23.6 Å². The van der Waals surface area contributed by atoms with Crippen LogP contribution in [0.3, 0.4) is 0 Å². The third-order valence-corrected chi connectivity index (χ3v) is 6.99. The summed E-state index contributed by atoms with van der Waals surface area (Å²) in [6.07, 6.45) is 7.41. The maximum atomic E-state index is 13.3. The highest BCUT2D eigenvalue weighted by atomic mass is 79.9. The van der Waals surface area contributed by atoms with Crippen molar-refractivity contribution in [1.82, 2.24) is 4.90 Å². The minimum absolute atomic E-state index is 0.203. The number of likely N-dealkylation sites (N-methyl/N-ethyl adjacent to an activating group) is 1. The minimum Gasteiger partial charge on any atom is -0.308 e. The fourth-order valence-corrected chi connectivity index (χ4v) is 5.27. The van der Waals surface area contributed by atoms with Crippen molar-refractivity contribution in [1.29, 1.82) is 0 Å². The van der Waals surface area contributed by atoms with Gasteiger partial charge in [-0.2, -0.15) is 0 Å². The van der Waals surface area contributed by atoms with Crippen molar-refractivity contribution in [2.45, 2.75) is 57.0 Å². The van der Waals surface area contributed by atoms with Gasteiger partial charge in [-0.1, -0.05) is 87.5 Å². The van der Waals surface area contributed by atoms with Crippen LogP contribution in [0, 0.1) is 0 Å². The van der Waals surface area contributed by atoms with Gasteiger partial charge in [0.15, 0.2) is 0 Å². The lowest BCUT2D eigenvalue weighted by atomic mass is 9.97. The molecule has 2 aromatic rings. The molecule has 2 unspecified atom stereocenters. The number of rotatable bonds is 8. The van der Waals surface area contributed by atoms with E-state index in [4.69, 9.17) is 0 Å². The van der Waals surface area contributed by atoms with Crippen LogP contribution in [0.4, 0.5) is 5.69 Å². The first-order chi connectivity index (χ1) is 14.6. The molecule has 1 aliphatic carbocycles. The van der Waals surface area contributed by atoms with E-state index < -0.39 is 0 Å². The summed E-state index contributed by atoms with van der Waals surface area (Å²) in [6, 6.07) is 19.5. The van der Waals surface area contributed by atoms with E-state index in [1.165, 1.54) is 24.8 Å². The Kier molecular flexibility index (Phi) is 9.41. The highest BCUT2D eigenvalue weighted by Gasteiger charge is 2.34. The Morgan fingerprint density at radius 2 is 1.73 bits per heavy atom. The second kappa shape index (κ2) is 12.0. The molecule has 1 fully saturated rings. The average Bonchev–Trinajstić information content (AvgIpc) is 2.99. The Morgan fingerprint density at radius 1 is 1.00 bits per heavy atom. The van der Waals surface area contributed by atoms with Gasteiger partial charge < -0.3 is 9.80 Å². The summed E-state index contributed by atoms with van der Waals surface area (Å²) in [6.45, 7) is 1.00. The van der Waals surface area contributed by atoms with E-state index in [2.05, 4.69) is 91.2 Å². The van der Waals surface area contributed by atoms with Gasteiger partial charge in [-0.05, 0) is 50.1 Å². The van der Waals surface area contributed by atoms with Crippen molar-refractivity contribution >= 4 is 43.5 Å². The zero-order chi connectivity index (χ0) is 21.3. The predicted molar refractivity (Wildman–Crippen MR) is 133 cm³/mol. The van der Waals surface area contributed by atoms with Gasteiger partial charge in [0.2, 0.25) is 5.91 Å². The summed E-state index contributed by atoms with van der Waals surface area (Å²) < 4.78 is 1.01. The number of halogens is 2. The Balaban J connectivity index is 1.85. The predicted octanol–water partition coefficient (Wildman–Crippen LogP) is 6.44. The molecule has 1 saturated carbocycles. The van der Waals surface area contributed by atoms with Crippen molar-refractivity contribution in [2.75, 3.05) is 23.8 Å². The van der Waals surface area contributed by atoms with Crippen LogP contribution < -0.4 is 4.90 Å². The molecule has 0 spiro atoms. The van der Waals surface area contributed by atoms with Crippen LogP contribution in [-0.2, 0) is 11.2 Å². The molecule has 30 heavy (non-hydrogen) atoms. The minimum atomic E-state index is 0.203. The summed E-state index contributed by atoms with van der Waals surface area (Å²) in [5, 5.41) is 0.692. The first-order valence-electron chi connectivity index (χ1n) is 11.0. The van der Waals surface area contributed by atoms with Crippen LogP contribution in [-0.4, -0.2) is 41.8 Å². The quantitative estimate of drug-likeness (QED) is 0.286. The molecular weight excluding hydrogens is 504 g/mol. The van der Waals surface area contributed by atoms with Gasteiger partial charge in [-0.3, -0.25) is 4.79 Å². The van der Waals surface area contributed by atoms with Gasteiger partial charge >= 0.3 is 0 Å². The number of hydrogen-bond donors (Lipinski definition) is 0. The lowest BCUT2D eigenvalue weighted by Gasteiger charge is -2.41. The number of hydrogen-bond acceptors (Lipinski definition) is 2. The maximum Gasteiger partial charge on any atom is 0.228 e. The normalized spacial score (nSPS) is 19.5. The first-order valence-corrected chi connectivity index (χ1v) is 12.9. The van der Waals surface area contributed by atoms with Gasteiger partial charge in [-0.15, -0.1) is 0 Å². The van der Waals surface area contributed by atoms with Gasteiger partial charge in [0.25, 0.3) is 0 Å². The van der Waals surface area contributed by atoms with E-state index in [-0.39, 0.29) is 11.9 Å². The molecule has 0 N–H and O–H groups in total. The van der Waals surface area contributed by atoms with E-state index in [9.17, 15) is 4.79 Å². The molecule has 0 aliphatic heterocycles. The summed E-state index contributed by atoms with van der Waals surface area (Å²) in [4.78, 5) is 17.9. The fraction of sp³-hybridized carbons (Fsp3) is 0.480. The highest BCUT2D eigenvalue weighted by molar-refractivity contribution is 9.10. The third kappa shape index (κ3) is 6.41. The van der Waals surface area contributed by atoms with Crippen molar-refractivity contribution in [3.8, 4) is 0 Å². The summed E-state index contributed by atoms with van der Waals surface area (Å²) in [5.41, 5.74) is 2.37. The Hall–Kier alpha value is -1.17. The molecule has 5 heteroatoms. The molecule has 162 valence electrons. The van der Waals surface area contributed by atoms with Crippen molar-refractivity contribution < 1.29 is 4.79 Å². The summed E-state index contributed by atoms with van der Waals surface area (Å²) in [7, 11) is 2.24. The van der Waals surface area contributed by atoms with Gasteiger partial charge in [0.1, 0.15) is 0 Å². The van der Waals surface area contributed by atoms with Gasteiger partial charge in [0, 0.05) is 34.5 Å². The molecule has 0 heterocycles. The second-order valence-electron chi connectivity index (χ2n) is 8.17.